The van der Waals surface area contributed by atoms with Crippen molar-refractivity contribution in [2.75, 3.05) is 6.61 Å². The number of rotatable bonds is 2. The zero-order valence-corrected chi connectivity index (χ0v) is 5.75. The molecular weight excluding hydrogens is 154 g/mol. The zero-order valence-electron chi connectivity index (χ0n) is 5.75. The highest BCUT2D eigenvalue weighted by Gasteiger charge is 2.42. The van der Waals surface area contributed by atoms with Gasteiger partial charge in [0.2, 0.25) is 6.29 Å². The molecule has 0 spiro atoms. The Morgan fingerprint density at radius 3 is 2.27 bits per heavy atom. The molecule has 1 aliphatic rings. The summed E-state index contributed by atoms with van der Waals surface area (Å²) in [6.45, 7) is -0.377. The quantitative estimate of drug-likeness (QED) is 0.332. The number of hydrogen-bond acceptors (Lipinski definition) is 6. The predicted molar refractivity (Wildman–Crippen MR) is 33.0 cm³/mol. The minimum atomic E-state index is -1.20. The van der Waals surface area contributed by atoms with E-state index in [2.05, 4.69) is 4.84 Å². The zero-order chi connectivity index (χ0) is 8.43. The van der Waals surface area contributed by atoms with Crippen LogP contribution in [0.3, 0.4) is 0 Å². The van der Waals surface area contributed by atoms with Gasteiger partial charge in [0.25, 0.3) is 0 Å². The van der Waals surface area contributed by atoms with Crippen LogP contribution >= 0.6 is 0 Å². The third kappa shape index (κ3) is 1.51. The van der Waals surface area contributed by atoms with E-state index in [1.165, 1.54) is 0 Å². The Bertz CT molecular complexity index is 114. The summed E-state index contributed by atoms with van der Waals surface area (Å²) in [5, 5.41) is 26.7. The molecule has 1 rings (SSSR count). The minimum Gasteiger partial charge on any atom is -0.394 e. The van der Waals surface area contributed by atoms with Gasteiger partial charge in [-0.1, -0.05) is 0 Å². The van der Waals surface area contributed by atoms with Gasteiger partial charge < -0.3 is 20.1 Å². The number of nitrogens with two attached hydrogens (primary N) is 1. The molecule has 0 aromatic rings. The van der Waals surface area contributed by atoms with Crippen molar-refractivity contribution in [3.63, 3.8) is 0 Å². The fourth-order valence-electron chi connectivity index (χ4n) is 0.978. The van der Waals surface area contributed by atoms with Gasteiger partial charge in [-0.25, -0.2) is 5.90 Å². The molecule has 0 aromatic heterocycles. The summed E-state index contributed by atoms with van der Waals surface area (Å²) in [6, 6.07) is 0. The summed E-state index contributed by atoms with van der Waals surface area (Å²) in [7, 11) is 0. The molecular formula is C5H11NO5. The van der Waals surface area contributed by atoms with Crippen LogP contribution in [0.15, 0.2) is 0 Å². The van der Waals surface area contributed by atoms with E-state index in [1.807, 2.05) is 0 Å². The molecule has 1 saturated heterocycles. The second-order valence-electron chi connectivity index (χ2n) is 2.34. The van der Waals surface area contributed by atoms with Gasteiger partial charge in [0.1, 0.15) is 18.3 Å². The van der Waals surface area contributed by atoms with Gasteiger partial charge >= 0.3 is 0 Å². The van der Waals surface area contributed by atoms with Gasteiger partial charge in [0, 0.05) is 0 Å². The highest BCUT2D eigenvalue weighted by molar-refractivity contribution is 4.85. The van der Waals surface area contributed by atoms with Crippen molar-refractivity contribution in [1.29, 1.82) is 0 Å². The fraction of sp³-hybridized carbons (Fsp3) is 1.00. The lowest BCUT2D eigenvalue weighted by Gasteiger charge is -2.10. The first kappa shape index (κ1) is 8.85. The average Bonchev–Trinajstić information content (AvgIpc) is 2.30. The monoisotopic (exact) mass is 165 g/mol. The predicted octanol–water partition coefficient (Wildman–Crippen LogP) is -2.68. The molecule has 1 aliphatic heterocycles. The summed E-state index contributed by atoms with van der Waals surface area (Å²) < 4.78 is 4.79. The van der Waals surface area contributed by atoms with Crippen molar-refractivity contribution in [3.8, 4) is 0 Å². The van der Waals surface area contributed by atoms with Gasteiger partial charge in [-0.15, -0.1) is 0 Å². The maximum absolute atomic E-state index is 9.09. The lowest BCUT2D eigenvalue weighted by molar-refractivity contribution is -0.171. The van der Waals surface area contributed by atoms with E-state index in [0.29, 0.717) is 0 Å². The van der Waals surface area contributed by atoms with Crippen LogP contribution < -0.4 is 5.90 Å². The van der Waals surface area contributed by atoms with Gasteiger partial charge in [0.05, 0.1) is 6.61 Å². The molecule has 1 fully saturated rings. The van der Waals surface area contributed by atoms with E-state index in [4.69, 9.17) is 26.0 Å². The Balaban J connectivity index is 2.53. The third-order valence-electron chi connectivity index (χ3n) is 1.63. The van der Waals surface area contributed by atoms with E-state index in [1.54, 1.807) is 0 Å². The number of ether oxygens (including phenoxy) is 1. The highest BCUT2D eigenvalue weighted by Crippen LogP contribution is 2.20. The second-order valence-corrected chi connectivity index (χ2v) is 2.34. The molecule has 0 aromatic carbocycles. The standard InChI is InChI=1S/C5H11NO5/c6-11-5-4(9)3(8)2(1-7)10-5/h2-5,7-9H,1,6H2/t2-,3-,4+,5+/m1/s1. The maximum atomic E-state index is 9.09. The molecule has 0 radical (unpaired) electrons. The summed E-state index contributed by atoms with van der Waals surface area (Å²) in [6.07, 6.45) is -4.22. The number of aliphatic hydroxyl groups is 3. The van der Waals surface area contributed by atoms with Gasteiger partial charge in [0.15, 0.2) is 0 Å². The minimum absolute atomic E-state index is 0.377. The molecule has 6 heteroatoms. The largest absolute Gasteiger partial charge is 0.394 e. The molecule has 5 N–H and O–H groups in total. The number of aliphatic hydroxyl groups excluding tert-OH is 3. The summed E-state index contributed by atoms with van der Waals surface area (Å²) in [5.41, 5.74) is 0. The normalized spacial score (nSPS) is 44.7. The van der Waals surface area contributed by atoms with Crippen LogP contribution in [0, 0.1) is 0 Å². The van der Waals surface area contributed by atoms with Crippen LogP contribution in [0.1, 0.15) is 0 Å². The van der Waals surface area contributed by atoms with Gasteiger partial charge in [-0.05, 0) is 0 Å². The molecule has 66 valence electrons. The first-order valence-corrected chi connectivity index (χ1v) is 3.18. The Morgan fingerprint density at radius 1 is 1.36 bits per heavy atom. The molecule has 4 atom stereocenters. The van der Waals surface area contributed by atoms with E-state index in [0.717, 1.165) is 0 Å². The average molecular weight is 165 g/mol. The molecule has 0 unspecified atom stereocenters. The molecule has 1 heterocycles. The fourth-order valence-corrected chi connectivity index (χ4v) is 0.978. The van der Waals surface area contributed by atoms with Crippen molar-refractivity contribution in [2.24, 2.45) is 5.90 Å². The van der Waals surface area contributed by atoms with Crippen LogP contribution in [0.25, 0.3) is 0 Å². The molecule has 0 aliphatic carbocycles. The lowest BCUT2D eigenvalue weighted by Crippen LogP contribution is -2.35. The van der Waals surface area contributed by atoms with Crippen molar-refractivity contribution in [3.05, 3.63) is 0 Å². The molecule has 0 amide bonds. The van der Waals surface area contributed by atoms with E-state index in [-0.39, 0.29) is 6.61 Å². The second kappa shape index (κ2) is 3.44. The van der Waals surface area contributed by atoms with Crippen LogP contribution in [0.4, 0.5) is 0 Å². The van der Waals surface area contributed by atoms with Gasteiger partial charge in [-0.2, -0.15) is 0 Å². The molecule has 6 nitrogen and oxygen atoms in total. The number of hydrogen-bond donors (Lipinski definition) is 4. The summed E-state index contributed by atoms with van der Waals surface area (Å²) >= 11 is 0. The van der Waals surface area contributed by atoms with Crippen molar-refractivity contribution < 1.29 is 24.9 Å². The molecule has 11 heavy (non-hydrogen) atoms. The van der Waals surface area contributed by atoms with Crippen LogP contribution in [0.2, 0.25) is 0 Å². The molecule has 0 saturated carbocycles. The van der Waals surface area contributed by atoms with Crippen LogP contribution in [-0.2, 0) is 9.57 Å². The lowest BCUT2D eigenvalue weighted by atomic mass is 10.1. The Morgan fingerprint density at radius 2 is 2.00 bits per heavy atom. The third-order valence-corrected chi connectivity index (χ3v) is 1.63. The molecule has 0 bridgehead atoms. The highest BCUT2D eigenvalue weighted by atomic mass is 16.8. The first-order chi connectivity index (χ1) is 5.20. The van der Waals surface area contributed by atoms with Crippen LogP contribution in [-0.4, -0.2) is 46.5 Å². The Kier molecular flexibility index (Phi) is 2.77. The van der Waals surface area contributed by atoms with E-state index >= 15 is 0 Å². The Labute approximate surface area is 63.1 Å². The van der Waals surface area contributed by atoms with Crippen LogP contribution in [0.5, 0.6) is 0 Å². The maximum Gasteiger partial charge on any atom is 0.206 e. The van der Waals surface area contributed by atoms with Crippen molar-refractivity contribution in [2.45, 2.75) is 24.6 Å². The van der Waals surface area contributed by atoms with Crippen molar-refractivity contribution >= 4 is 0 Å². The summed E-state index contributed by atoms with van der Waals surface area (Å²) in [4.78, 5) is 4.18. The SMILES string of the molecule is NO[C@@H]1O[C@H](CO)[C@@H](O)[C@@H]1O. The smallest absolute Gasteiger partial charge is 0.206 e. The van der Waals surface area contributed by atoms with E-state index < -0.39 is 24.6 Å². The van der Waals surface area contributed by atoms with Gasteiger partial charge in [-0.3, -0.25) is 4.84 Å². The Hall–Kier alpha value is -0.240. The van der Waals surface area contributed by atoms with Crippen molar-refractivity contribution in [1.82, 2.24) is 0 Å². The first-order valence-electron chi connectivity index (χ1n) is 3.18. The summed E-state index contributed by atoms with van der Waals surface area (Å²) in [5.74, 6) is 4.73. The topological polar surface area (TPSA) is 105 Å². The van der Waals surface area contributed by atoms with E-state index in [9.17, 15) is 0 Å².